The van der Waals surface area contributed by atoms with E-state index in [0.717, 1.165) is 0 Å². The van der Waals surface area contributed by atoms with Gasteiger partial charge in [-0.2, -0.15) is 5.10 Å². The quantitative estimate of drug-likeness (QED) is 0.671. The molecule has 2 aromatic rings. The van der Waals surface area contributed by atoms with E-state index < -0.39 is 6.09 Å². The number of benzene rings is 1. The molecule has 0 saturated carbocycles. The third-order valence-corrected chi connectivity index (χ3v) is 3.29. The first-order valence-electron chi connectivity index (χ1n) is 6.12. The second-order valence-corrected chi connectivity index (χ2v) is 4.68. The van der Waals surface area contributed by atoms with Crippen LogP contribution in [0.4, 0.5) is 4.79 Å². The molecule has 7 heteroatoms. The molecule has 0 bridgehead atoms. The summed E-state index contributed by atoms with van der Waals surface area (Å²) in [6.45, 7) is 1.98. The Morgan fingerprint density at radius 2 is 2.19 bits per heavy atom. The van der Waals surface area contributed by atoms with E-state index in [1.165, 1.54) is 6.21 Å². The van der Waals surface area contributed by atoms with Crippen LogP contribution in [0, 0.1) is 0 Å². The maximum atomic E-state index is 11.0. The molecule has 0 radical (unpaired) electrons. The number of furan rings is 1. The third-order valence-electron chi connectivity index (χ3n) is 2.47. The molecule has 0 unspecified atom stereocenters. The lowest BCUT2D eigenvalue weighted by Gasteiger charge is -2.01. The Hall–Kier alpha value is -1.98. The second kappa shape index (κ2) is 7.15. The Balaban J connectivity index is 2.10. The van der Waals surface area contributed by atoms with Gasteiger partial charge < -0.3 is 9.15 Å². The zero-order valence-electron chi connectivity index (χ0n) is 11.1. The van der Waals surface area contributed by atoms with Gasteiger partial charge in [-0.15, -0.1) is 0 Å². The van der Waals surface area contributed by atoms with Crippen LogP contribution in [-0.2, 0) is 4.74 Å². The van der Waals surface area contributed by atoms with E-state index in [2.05, 4.69) is 15.3 Å². The average Bonchev–Trinajstić information content (AvgIpc) is 2.91. The topological polar surface area (TPSA) is 63.8 Å². The number of nitrogens with one attached hydrogen (secondary N) is 1. The Morgan fingerprint density at radius 3 is 2.95 bits per heavy atom. The summed E-state index contributed by atoms with van der Waals surface area (Å²) in [6.07, 6.45) is 0.734. The minimum Gasteiger partial charge on any atom is -0.455 e. The summed E-state index contributed by atoms with van der Waals surface area (Å²) in [4.78, 5) is 11.0. The predicted octanol–water partition coefficient (Wildman–Crippen LogP) is 4.33. The van der Waals surface area contributed by atoms with Crippen LogP contribution in [0.5, 0.6) is 0 Å². The lowest BCUT2D eigenvalue weighted by molar-refractivity contribution is 0.152. The van der Waals surface area contributed by atoms with Crippen LogP contribution < -0.4 is 5.43 Å². The second-order valence-electron chi connectivity index (χ2n) is 3.89. The highest BCUT2D eigenvalue weighted by molar-refractivity contribution is 6.43. The number of carbonyl (C=O) groups is 1. The van der Waals surface area contributed by atoms with Crippen LogP contribution >= 0.6 is 23.2 Å². The van der Waals surface area contributed by atoms with Gasteiger partial charge in [-0.05, 0) is 31.2 Å². The van der Waals surface area contributed by atoms with Gasteiger partial charge >= 0.3 is 6.09 Å². The van der Waals surface area contributed by atoms with Gasteiger partial charge in [-0.3, -0.25) is 0 Å². The lowest BCUT2D eigenvalue weighted by Crippen LogP contribution is -2.18. The fraction of sp³-hybridized carbons (Fsp3) is 0.143. The largest absolute Gasteiger partial charge is 0.455 e. The first-order valence-corrected chi connectivity index (χ1v) is 6.87. The van der Waals surface area contributed by atoms with E-state index in [4.69, 9.17) is 27.6 Å². The number of hydrazone groups is 1. The third kappa shape index (κ3) is 4.00. The van der Waals surface area contributed by atoms with Crippen LogP contribution in [0.15, 0.2) is 39.9 Å². The standard InChI is InChI=1S/C14H12Cl2N2O3/c1-2-20-14(19)18-17-8-9-6-7-12(21-9)10-4-3-5-11(15)13(10)16/h3-8H,2H2,1H3,(H,18,19)/b17-8+. The Labute approximate surface area is 131 Å². The Morgan fingerprint density at radius 1 is 1.38 bits per heavy atom. The summed E-state index contributed by atoms with van der Waals surface area (Å²) in [5.74, 6) is 1.01. The molecule has 1 aromatic carbocycles. The van der Waals surface area contributed by atoms with Crippen LogP contribution in [0.3, 0.4) is 0 Å². The van der Waals surface area contributed by atoms with E-state index >= 15 is 0 Å². The van der Waals surface area contributed by atoms with Crippen molar-refractivity contribution in [2.24, 2.45) is 5.10 Å². The molecule has 1 heterocycles. The van der Waals surface area contributed by atoms with Crippen LogP contribution in [-0.4, -0.2) is 18.9 Å². The molecule has 21 heavy (non-hydrogen) atoms. The molecule has 0 aliphatic carbocycles. The molecule has 0 aliphatic heterocycles. The summed E-state index contributed by atoms with van der Waals surface area (Å²) in [6, 6.07) is 8.71. The summed E-state index contributed by atoms with van der Waals surface area (Å²) < 4.78 is 10.2. The molecule has 110 valence electrons. The van der Waals surface area contributed by atoms with Gasteiger partial charge in [0.2, 0.25) is 0 Å². The van der Waals surface area contributed by atoms with Gasteiger partial charge in [0.05, 0.1) is 22.9 Å². The fourth-order valence-electron chi connectivity index (χ4n) is 1.57. The number of ether oxygens (including phenoxy) is 1. The van der Waals surface area contributed by atoms with Gasteiger partial charge in [-0.1, -0.05) is 29.3 Å². The normalized spacial score (nSPS) is 10.8. The molecule has 2 rings (SSSR count). The first-order chi connectivity index (χ1) is 10.1. The zero-order valence-corrected chi connectivity index (χ0v) is 12.6. The minimum absolute atomic E-state index is 0.277. The van der Waals surface area contributed by atoms with Crippen molar-refractivity contribution >= 4 is 35.5 Å². The van der Waals surface area contributed by atoms with Crippen molar-refractivity contribution in [3.63, 3.8) is 0 Å². The average molecular weight is 327 g/mol. The smallest absolute Gasteiger partial charge is 0.427 e. The van der Waals surface area contributed by atoms with Crippen LogP contribution in [0.1, 0.15) is 12.7 Å². The maximum Gasteiger partial charge on any atom is 0.427 e. The summed E-state index contributed by atoms with van der Waals surface area (Å²) in [7, 11) is 0. The molecule has 0 spiro atoms. The molecule has 1 N–H and O–H groups in total. The van der Waals surface area contributed by atoms with Crippen LogP contribution in [0.2, 0.25) is 10.0 Å². The first kappa shape index (κ1) is 15.4. The highest BCUT2D eigenvalue weighted by Crippen LogP contribution is 2.33. The van der Waals surface area contributed by atoms with Gasteiger partial charge in [-0.25, -0.2) is 10.2 Å². The zero-order chi connectivity index (χ0) is 15.2. The number of hydrogen-bond acceptors (Lipinski definition) is 4. The van der Waals surface area contributed by atoms with Crippen molar-refractivity contribution in [2.45, 2.75) is 6.92 Å². The number of hydrogen-bond donors (Lipinski definition) is 1. The van der Waals surface area contributed by atoms with Gasteiger partial charge in [0.25, 0.3) is 0 Å². The molecule has 0 aliphatic rings. The summed E-state index contributed by atoms with van der Waals surface area (Å²) in [5, 5.41) is 4.57. The van der Waals surface area contributed by atoms with E-state index in [0.29, 0.717) is 27.1 Å². The number of amides is 1. The maximum absolute atomic E-state index is 11.0. The molecule has 0 atom stereocenters. The van der Waals surface area contributed by atoms with Crippen LogP contribution in [0.25, 0.3) is 11.3 Å². The van der Waals surface area contributed by atoms with Crippen molar-refractivity contribution in [3.05, 3.63) is 46.1 Å². The predicted molar refractivity (Wildman–Crippen MR) is 81.9 cm³/mol. The van der Waals surface area contributed by atoms with E-state index in [-0.39, 0.29) is 6.61 Å². The van der Waals surface area contributed by atoms with E-state index in [9.17, 15) is 4.79 Å². The Bertz CT molecular complexity index is 668. The van der Waals surface area contributed by atoms with Gasteiger partial charge in [0, 0.05) is 5.56 Å². The number of halogens is 2. The Kier molecular flexibility index (Phi) is 5.25. The van der Waals surface area contributed by atoms with Crippen molar-refractivity contribution in [3.8, 4) is 11.3 Å². The van der Waals surface area contributed by atoms with Crippen molar-refractivity contribution < 1.29 is 13.9 Å². The van der Waals surface area contributed by atoms with Gasteiger partial charge in [0.1, 0.15) is 11.5 Å². The molecule has 1 amide bonds. The van der Waals surface area contributed by atoms with Crippen molar-refractivity contribution in [1.29, 1.82) is 0 Å². The monoisotopic (exact) mass is 326 g/mol. The molecule has 1 aromatic heterocycles. The number of carbonyl (C=O) groups excluding carboxylic acids is 1. The molecule has 0 fully saturated rings. The molecule has 5 nitrogen and oxygen atoms in total. The highest BCUT2D eigenvalue weighted by atomic mass is 35.5. The molecular formula is C14H12Cl2N2O3. The highest BCUT2D eigenvalue weighted by Gasteiger charge is 2.10. The lowest BCUT2D eigenvalue weighted by atomic mass is 10.2. The number of rotatable bonds is 4. The van der Waals surface area contributed by atoms with E-state index in [1.807, 2.05) is 0 Å². The molecular weight excluding hydrogens is 315 g/mol. The SMILES string of the molecule is CCOC(=O)N/N=C/c1ccc(-c2cccc(Cl)c2Cl)o1. The van der Waals surface area contributed by atoms with E-state index in [1.54, 1.807) is 37.3 Å². The minimum atomic E-state index is -0.626. The van der Waals surface area contributed by atoms with Gasteiger partial charge in [0.15, 0.2) is 0 Å². The summed E-state index contributed by atoms with van der Waals surface area (Å²) in [5.41, 5.74) is 2.89. The van der Waals surface area contributed by atoms with Crippen molar-refractivity contribution in [1.82, 2.24) is 5.43 Å². The molecule has 0 saturated heterocycles. The summed E-state index contributed by atoms with van der Waals surface area (Å²) >= 11 is 12.1. The van der Waals surface area contributed by atoms with Crippen molar-refractivity contribution in [2.75, 3.05) is 6.61 Å². The number of nitrogens with zero attached hydrogens (tertiary/aromatic N) is 1. The fourth-order valence-corrected chi connectivity index (χ4v) is 1.97.